The van der Waals surface area contributed by atoms with E-state index in [1.54, 1.807) is 0 Å². The van der Waals surface area contributed by atoms with Crippen LogP contribution in [0.5, 0.6) is 0 Å². The topological polar surface area (TPSA) is 29.5 Å². The molecule has 0 radical (unpaired) electrons. The van der Waals surface area contributed by atoms with Gasteiger partial charge in [0.25, 0.3) is 0 Å². The molecule has 56 heavy (non-hydrogen) atoms. The van der Waals surface area contributed by atoms with Crippen molar-refractivity contribution in [3.8, 4) is 22.3 Å². The van der Waals surface area contributed by atoms with Gasteiger partial charge in [-0.15, -0.1) is 11.3 Å². The SMILES string of the molecule is c1ccc2cc3c(cc2c1)sc1c(N(c2ccc(-c4cccc5c4oc4ccccc45)cc2)c2ccc(-c4cccc5c4oc4ccccc45)cc2)cccc13. The molecule has 12 aromatic rings. The summed E-state index contributed by atoms with van der Waals surface area (Å²) >= 11 is 1.86. The summed E-state index contributed by atoms with van der Waals surface area (Å²) in [5.74, 6) is 0. The normalized spacial score (nSPS) is 11.9. The molecule has 0 bridgehead atoms. The number of nitrogens with zero attached hydrogens (tertiary/aromatic N) is 1. The Balaban J connectivity index is 1.02. The van der Waals surface area contributed by atoms with Gasteiger partial charge in [0.05, 0.1) is 10.4 Å². The molecule has 0 aliphatic rings. The molecule has 0 spiro atoms. The van der Waals surface area contributed by atoms with Crippen LogP contribution in [0.2, 0.25) is 0 Å². The Hall–Kier alpha value is -7.14. The molecule has 0 atom stereocenters. The van der Waals surface area contributed by atoms with E-state index in [9.17, 15) is 0 Å². The van der Waals surface area contributed by atoms with Crippen LogP contribution in [0, 0.1) is 0 Å². The minimum absolute atomic E-state index is 0.905. The zero-order chi connectivity index (χ0) is 36.7. The number of para-hydroxylation sites is 4. The molecule has 3 nitrogen and oxygen atoms in total. The highest BCUT2D eigenvalue weighted by atomic mass is 32.1. The maximum absolute atomic E-state index is 6.44. The van der Waals surface area contributed by atoms with Gasteiger partial charge in [0.2, 0.25) is 0 Å². The lowest BCUT2D eigenvalue weighted by Crippen LogP contribution is -2.10. The van der Waals surface area contributed by atoms with Gasteiger partial charge in [-0.3, -0.25) is 0 Å². The maximum Gasteiger partial charge on any atom is 0.143 e. The van der Waals surface area contributed by atoms with Crippen molar-refractivity contribution in [2.24, 2.45) is 0 Å². The van der Waals surface area contributed by atoms with Crippen molar-refractivity contribution in [3.63, 3.8) is 0 Å². The van der Waals surface area contributed by atoms with E-state index >= 15 is 0 Å². The van der Waals surface area contributed by atoms with Crippen LogP contribution in [0.1, 0.15) is 0 Å². The maximum atomic E-state index is 6.44. The lowest BCUT2D eigenvalue weighted by molar-refractivity contribution is 0.669. The monoisotopic (exact) mass is 733 g/mol. The number of rotatable bonds is 5. The molecule has 0 aliphatic heterocycles. The molecule has 9 aromatic carbocycles. The number of thiophene rings is 1. The van der Waals surface area contributed by atoms with E-state index in [0.29, 0.717) is 0 Å². The van der Waals surface area contributed by atoms with Gasteiger partial charge in [0.1, 0.15) is 22.3 Å². The zero-order valence-electron chi connectivity index (χ0n) is 30.1. The zero-order valence-corrected chi connectivity index (χ0v) is 30.9. The second-order valence-corrected chi connectivity index (χ2v) is 15.5. The third-order valence-corrected chi connectivity index (χ3v) is 12.5. The van der Waals surface area contributed by atoms with E-state index in [1.807, 2.05) is 35.6 Å². The summed E-state index contributed by atoms with van der Waals surface area (Å²) in [5, 5.41) is 9.60. The van der Waals surface area contributed by atoms with Crippen LogP contribution < -0.4 is 4.90 Å². The van der Waals surface area contributed by atoms with Crippen LogP contribution in [0.15, 0.2) is 197 Å². The van der Waals surface area contributed by atoms with Gasteiger partial charge in [0, 0.05) is 59.5 Å². The standard InChI is InChI=1S/C52H31NO2S/c1-2-11-35-31-49-45(30-34(35)10-1)44-18-9-19-46(52(44)56-49)53(36-26-22-32(23-27-36)38-14-7-16-42-40-12-3-5-20-47(40)54-50(38)42)37-28-24-33(25-29-37)39-15-8-17-43-41-13-4-6-21-48(41)55-51(39)43/h1-31H. The number of anilines is 3. The van der Waals surface area contributed by atoms with Crippen molar-refractivity contribution in [2.75, 3.05) is 4.90 Å². The van der Waals surface area contributed by atoms with Crippen LogP contribution >= 0.6 is 11.3 Å². The number of fused-ring (bicyclic) bond motifs is 10. The van der Waals surface area contributed by atoms with E-state index in [2.05, 4.69) is 169 Å². The van der Waals surface area contributed by atoms with E-state index in [1.165, 1.54) is 30.9 Å². The predicted molar refractivity (Wildman–Crippen MR) is 237 cm³/mol. The molecule has 12 rings (SSSR count). The molecule has 262 valence electrons. The molecule has 4 heteroatoms. The van der Waals surface area contributed by atoms with Crippen LogP contribution in [-0.4, -0.2) is 0 Å². The van der Waals surface area contributed by atoms with Crippen molar-refractivity contribution in [3.05, 3.63) is 188 Å². The molecular formula is C52H31NO2S. The van der Waals surface area contributed by atoms with E-state index < -0.39 is 0 Å². The van der Waals surface area contributed by atoms with E-state index in [-0.39, 0.29) is 0 Å². The fourth-order valence-corrected chi connectivity index (χ4v) is 9.84. The van der Waals surface area contributed by atoms with E-state index in [0.717, 1.165) is 83.2 Å². The molecular weight excluding hydrogens is 703 g/mol. The summed E-state index contributed by atoms with van der Waals surface area (Å²) in [6, 6.07) is 67.2. The quantitative estimate of drug-likeness (QED) is 0.176. The van der Waals surface area contributed by atoms with Crippen molar-refractivity contribution < 1.29 is 8.83 Å². The van der Waals surface area contributed by atoms with Crippen LogP contribution in [-0.2, 0) is 0 Å². The van der Waals surface area contributed by atoms with Gasteiger partial charge in [-0.1, -0.05) is 133 Å². The summed E-state index contributed by atoms with van der Waals surface area (Å²) < 4.78 is 15.4. The lowest BCUT2D eigenvalue weighted by Gasteiger charge is -2.26. The summed E-state index contributed by atoms with van der Waals surface area (Å²) in [4.78, 5) is 2.40. The molecule has 0 aliphatic carbocycles. The summed E-state index contributed by atoms with van der Waals surface area (Å²) in [7, 11) is 0. The molecule has 0 unspecified atom stereocenters. The average molecular weight is 734 g/mol. The highest BCUT2D eigenvalue weighted by Crippen LogP contribution is 2.47. The number of benzene rings is 9. The third-order valence-electron chi connectivity index (χ3n) is 11.3. The number of hydrogen-bond acceptors (Lipinski definition) is 4. The first-order chi connectivity index (χ1) is 27.7. The summed E-state index contributed by atoms with van der Waals surface area (Å²) in [5.41, 5.74) is 11.3. The van der Waals surface area contributed by atoms with Gasteiger partial charge in [-0.05, 0) is 76.5 Å². The Bertz CT molecular complexity index is 3320. The first-order valence-electron chi connectivity index (χ1n) is 18.9. The fourth-order valence-electron chi connectivity index (χ4n) is 8.60. The Morgan fingerprint density at radius 3 is 1.45 bits per heavy atom. The first kappa shape index (κ1) is 31.2. The highest BCUT2D eigenvalue weighted by Gasteiger charge is 2.20. The Morgan fingerprint density at radius 1 is 0.375 bits per heavy atom. The predicted octanol–water partition coefficient (Wildman–Crippen LogP) is 15.8. The van der Waals surface area contributed by atoms with Gasteiger partial charge in [-0.25, -0.2) is 0 Å². The molecule has 0 saturated carbocycles. The minimum Gasteiger partial charge on any atom is -0.455 e. The smallest absolute Gasteiger partial charge is 0.143 e. The average Bonchev–Trinajstić information content (AvgIpc) is 3.95. The Kier molecular flexibility index (Phi) is 6.80. The van der Waals surface area contributed by atoms with Crippen molar-refractivity contribution in [2.45, 2.75) is 0 Å². The largest absolute Gasteiger partial charge is 0.455 e. The Morgan fingerprint density at radius 2 is 0.857 bits per heavy atom. The summed E-state index contributed by atoms with van der Waals surface area (Å²) in [6.45, 7) is 0. The number of furan rings is 2. The second kappa shape index (κ2) is 12.2. The fraction of sp³-hybridized carbons (Fsp3) is 0. The molecule has 0 saturated heterocycles. The van der Waals surface area contributed by atoms with Crippen LogP contribution in [0.25, 0.3) is 97.1 Å². The summed E-state index contributed by atoms with van der Waals surface area (Å²) in [6.07, 6.45) is 0. The third kappa shape index (κ3) is 4.76. The molecule has 0 N–H and O–H groups in total. The van der Waals surface area contributed by atoms with Gasteiger partial charge >= 0.3 is 0 Å². The Labute approximate surface area is 325 Å². The van der Waals surface area contributed by atoms with Crippen molar-refractivity contribution in [1.82, 2.24) is 0 Å². The van der Waals surface area contributed by atoms with Crippen LogP contribution in [0.4, 0.5) is 17.1 Å². The minimum atomic E-state index is 0.905. The highest BCUT2D eigenvalue weighted by molar-refractivity contribution is 7.26. The second-order valence-electron chi connectivity index (χ2n) is 14.4. The molecule has 3 heterocycles. The van der Waals surface area contributed by atoms with Crippen molar-refractivity contribution in [1.29, 1.82) is 0 Å². The molecule has 3 aromatic heterocycles. The first-order valence-corrected chi connectivity index (χ1v) is 19.7. The van der Waals surface area contributed by atoms with Crippen LogP contribution in [0.3, 0.4) is 0 Å². The van der Waals surface area contributed by atoms with E-state index in [4.69, 9.17) is 8.83 Å². The van der Waals surface area contributed by atoms with Gasteiger partial charge in [0.15, 0.2) is 0 Å². The van der Waals surface area contributed by atoms with Gasteiger partial charge in [-0.2, -0.15) is 0 Å². The van der Waals surface area contributed by atoms with Crippen molar-refractivity contribution >= 4 is 103 Å². The lowest BCUT2D eigenvalue weighted by atomic mass is 10.0. The number of hydrogen-bond donors (Lipinski definition) is 0. The molecule has 0 fully saturated rings. The van der Waals surface area contributed by atoms with Gasteiger partial charge < -0.3 is 13.7 Å². The molecule has 0 amide bonds.